The van der Waals surface area contributed by atoms with Gasteiger partial charge in [0.2, 0.25) is 11.8 Å². The lowest BCUT2D eigenvalue weighted by molar-refractivity contribution is -0.132. The number of unbranched alkanes of at least 4 members (excludes halogenated alkanes) is 1. The molecule has 0 bridgehead atoms. The highest BCUT2D eigenvalue weighted by molar-refractivity contribution is 6.42. The zero-order valence-corrected chi connectivity index (χ0v) is 19.9. The van der Waals surface area contributed by atoms with Crippen molar-refractivity contribution in [1.29, 1.82) is 0 Å². The van der Waals surface area contributed by atoms with Crippen LogP contribution >= 0.6 is 34.8 Å². The van der Waals surface area contributed by atoms with E-state index in [4.69, 9.17) is 34.8 Å². The molecule has 0 aliphatic heterocycles. The summed E-state index contributed by atoms with van der Waals surface area (Å²) in [6.07, 6.45) is 1.71. The number of hydrogen-bond acceptors (Lipinski definition) is 3. The maximum atomic E-state index is 12.7. The predicted molar refractivity (Wildman–Crippen MR) is 123 cm³/mol. The number of carbonyl (C=O) groups is 2. The first-order valence-electron chi connectivity index (χ1n) is 9.76. The second kappa shape index (κ2) is 10.5. The fourth-order valence-corrected chi connectivity index (χ4v) is 3.19. The SMILES string of the molecule is CCCCN(CC(=O)Nc1cc(C(C)(C)C)nn1-c1ccc(Cl)c(Cl)c1)C(=O)CCl. The molecule has 1 N–H and O–H groups in total. The van der Waals surface area contributed by atoms with Gasteiger partial charge in [0.15, 0.2) is 0 Å². The van der Waals surface area contributed by atoms with Crippen molar-refractivity contribution < 1.29 is 9.59 Å². The smallest absolute Gasteiger partial charge is 0.245 e. The van der Waals surface area contributed by atoms with E-state index in [2.05, 4.69) is 10.4 Å². The van der Waals surface area contributed by atoms with Gasteiger partial charge in [-0.1, -0.05) is 57.3 Å². The molecule has 0 saturated carbocycles. The molecule has 0 fully saturated rings. The van der Waals surface area contributed by atoms with E-state index in [9.17, 15) is 9.59 Å². The number of alkyl halides is 1. The Labute approximate surface area is 192 Å². The van der Waals surface area contributed by atoms with Gasteiger partial charge in [-0.2, -0.15) is 5.10 Å². The molecule has 2 aromatic rings. The molecule has 2 amide bonds. The molecule has 0 saturated heterocycles. The lowest BCUT2D eigenvalue weighted by Gasteiger charge is -2.21. The van der Waals surface area contributed by atoms with E-state index < -0.39 is 0 Å². The minimum atomic E-state index is -0.328. The molecule has 0 atom stereocenters. The molecular formula is C21H27Cl3N4O2. The summed E-state index contributed by atoms with van der Waals surface area (Å²) in [5.41, 5.74) is 1.22. The van der Waals surface area contributed by atoms with Crippen LogP contribution in [0.25, 0.3) is 5.69 Å². The number of halogens is 3. The summed E-state index contributed by atoms with van der Waals surface area (Å²) in [7, 11) is 0. The first-order chi connectivity index (χ1) is 14.1. The van der Waals surface area contributed by atoms with E-state index >= 15 is 0 Å². The first kappa shape index (κ1) is 24.5. The van der Waals surface area contributed by atoms with E-state index in [1.165, 1.54) is 4.90 Å². The Morgan fingerprint density at radius 2 is 1.87 bits per heavy atom. The topological polar surface area (TPSA) is 67.2 Å². The Bertz CT molecular complexity index is 906. The minimum absolute atomic E-state index is 0.0804. The Morgan fingerprint density at radius 3 is 2.43 bits per heavy atom. The predicted octanol–water partition coefficient (Wildman–Crippen LogP) is 5.28. The minimum Gasteiger partial charge on any atom is -0.332 e. The van der Waals surface area contributed by atoms with Crippen molar-refractivity contribution in [3.05, 3.63) is 40.0 Å². The van der Waals surface area contributed by atoms with Crippen LogP contribution in [-0.4, -0.2) is 45.5 Å². The lowest BCUT2D eigenvalue weighted by Crippen LogP contribution is -2.39. The molecule has 0 radical (unpaired) electrons. The monoisotopic (exact) mass is 472 g/mol. The lowest BCUT2D eigenvalue weighted by atomic mass is 9.92. The van der Waals surface area contributed by atoms with Gasteiger partial charge in [0, 0.05) is 18.0 Å². The molecule has 2 rings (SSSR count). The first-order valence-corrected chi connectivity index (χ1v) is 11.1. The largest absolute Gasteiger partial charge is 0.332 e. The molecule has 9 heteroatoms. The molecule has 30 heavy (non-hydrogen) atoms. The van der Waals surface area contributed by atoms with E-state index in [-0.39, 0.29) is 29.7 Å². The van der Waals surface area contributed by atoms with Gasteiger partial charge in [-0.05, 0) is 24.6 Å². The highest BCUT2D eigenvalue weighted by Gasteiger charge is 2.23. The number of anilines is 1. The number of aromatic nitrogens is 2. The van der Waals surface area contributed by atoms with E-state index in [1.807, 2.05) is 33.8 Å². The average Bonchev–Trinajstić information content (AvgIpc) is 3.10. The fourth-order valence-electron chi connectivity index (χ4n) is 2.73. The Morgan fingerprint density at radius 1 is 1.17 bits per heavy atom. The van der Waals surface area contributed by atoms with E-state index in [0.717, 1.165) is 18.5 Å². The molecular weight excluding hydrogens is 447 g/mol. The molecule has 0 aliphatic rings. The molecule has 0 spiro atoms. The molecule has 1 heterocycles. The van der Waals surface area contributed by atoms with Crippen LogP contribution in [0.1, 0.15) is 46.2 Å². The van der Waals surface area contributed by atoms with Gasteiger partial charge in [0.05, 0.1) is 28.0 Å². The summed E-state index contributed by atoms with van der Waals surface area (Å²) < 4.78 is 1.61. The highest BCUT2D eigenvalue weighted by Crippen LogP contribution is 2.29. The van der Waals surface area contributed by atoms with Crippen LogP contribution in [0, 0.1) is 0 Å². The summed E-state index contributed by atoms with van der Waals surface area (Å²) in [4.78, 5) is 26.3. The van der Waals surface area contributed by atoms with Gasteiger partial charge in [-0.15, -0.1) is 11.6 Å². The van der Waals surface area contributed by atoms with E-state index in [1.54, 1.807) is 22.9 Å². The van der Waals surface area contributed by atoms with Crippen LogP contribution in [0.15, 0.2) is 24.3 Å². The third kappa shape index (κ3) is 6.37. The summed E-state index contributed by atoms with van der Waals surface area (Å²) in [5.74, 6) is -0.274. The number of benzene rings is 1. The van der Waals surface area contributed by atoms with Crippen molar-refractivity contribution in [3.63, 3.8) is 0 Å². The maximum Gasteiger partial charge on any atom is 0.245 e. The zero-order chi connectivity index (χ0) is 22.5. The van der Waals surface area contributed by atoms with Crippen LogP contribution in [0.3, 0.4) is 0 Å². The Kier molecular flexibility index (Phi) is 8.59. The van der Waals surface area contributed by atoms with Gasteiger partial charge in [0.1, 0.15) is 11.7 Å². The number of rotatable bonds is 8. The van der Waals surface area contributed by atoms with Crippen LogP contribution < -0.4 is 5.32 Å². The van der Waals surface area contributed by atoms with Crippen molar-refractivity contribution in [2.75, 3.05) is 24.3 Å². The Hall–Kier alpha value is -1.76. The van der Waals surface area contributed by atoms with Crippen molar-refractivity contribution in [2.45, 2.75) is 46.0 Å². The van der Waals surface area contributed by atoms with Gasteiger partial charge in [-0.3, -0.25) is 9.59 Å². The zero-order valence-electron chi connectivity index (χ0n) is 17.6. The summed E-state index contributed by atoms with van der Waals surface area (Å²) in [5, 5.41) is 8.34. The normalized spacial score (nSPS) is 11.4. The summed E-state index contributed by atoms with van der Waals surface area (Å²) in [6.45, 7) is 8.52. The third-order valence-electron chi connectivity index (χ3n) is 4.48. The quantitative estimate of drug-likeness (QED) is 0.530. The number of hydrogen-bond donors (Lipinski definition) is 1. The van der Waals surface area contributed by atoms with Crippen molar-refractivity contribution in [2.24, 2.45) is 0 Å². The molecule has 1 aromatic carbocycles. The summed E-state index contributed by atoms with van der Waals surface area (Å²) >= 11 is 17.9. The number of carbonyl (C=O) groups excluding carboxylic acids is 2. The van der Waals surface area contributed by atoms with Crippen molar-refractivity contribution in [3.8, 4) is 5.69 Å². The maximum absolute atomic E-state index is 12.7. The Balaban J connectivity index is 2.32. The molecule has 0 unspecified atom stereocenters. The highest BCUT2D eigenvalue weighted by atomic mass is 35.5. The average molecular weight is 474 g/mol. The van der Waals surface area contributed by atoms with Gasteiger partial charge in [-0.25, -0.2) is 4.68 Å². The van der Waals surface area contributed by atoms with Crippen LogP contribution in [-0.2, 0) is 15.0 Å². The number of nitrogens with zero attached hydrogens (tertiary/aromatic N) is 3. The standard InChI is InChI=1S/C21H27Cl3N4O2/c1-5-6-9-27(20(30)12-22)13-19(29)25-18-11-17(21(2,3)4)26-28(18)14-7-8-15(23)16(24)10-14/h7-8,10-11H,5-6,9,12-13H2,1-4H3,(H,25,29). The number of nitrogens with one attached hydrogen (secondary N) is 1. The van der Waals surface area contributed by atoms with Gasteiger partial charge in [0.25, 0.3) is 0 Å². The summed E-state index contributed by atoms with van der Waals surface area (Å²) in [6, 6.07) is 6.95. The number of amides is 2. The van der Waals surface area contributed by atoms with Gasteiger partial charge < -0.3 is 10.2 Å². The fraction of sp³-hybridized carbons (Fsp3) is 0.476. The third-order valence-corrected chi connectivity index (χ3v) is 5.44. The van der Waals surface area contributed by atoms with Gasteiger partial charge >= 0.3 is 0 Å². The van der Waals surface area contributed by atoms with Crippen molar-refractivity contribution in [1.82, 2.24) is 14.7 Å². The molecule has 6 nitrogen and oxygen atoms in total. The van der Waals surface area contributed by atoms with Crippen LogP contribution in [0.5, 0.6) is 0 Å². The van der Waals surface area contributed by atoms with E-state index in [0.29, 0.717) is 28.1 Å². The van der Waals surface area contributed by atoms with Crippen molar-refractivity contribution >= 4 is 52.4 Å². The van der Waals surface area contributed by atoms with Crippen LogP contribution in [0.4, 0.5) is 5.82 Å². The second-order valence-electron chi connectivity index (χ2n) is 8.03. The molecule has 1 aromatic heterocycles. The second-order valence-corrected chi connectivity index (χ2v) is 9.11. The molecule has 0 aliphatic carbocycles. The van der Waals surface area contributed by atoms with Crippen LogP contribution in [0.2, 0.25) is 10.0 Å². The molecule has 164 valence electrons.